The Morgan fingerprint density at radius 2 is 1.93 bits per heavy atom. The maximum Gasteiger partial charge on any atom is 0.306 e. The van der Waals surface area contributed by atoms with Crippen LogP contribution < -0.4 is 0 Å². The summed E-state index contributed by atoms with van der Waals surface area (Å²) in [4.78, 5) is 24.8. The Bertz CT molecular complexity index is 817. The second-order valence-corrected chi connectivity index (χ2v) is 9.15. The van der Waals surface area contributed by atoms with E-state index in [0.717, 1.165) is 5.57 Å². The minimum atomic E-state index is -1.98. The Morgan fingerprint density at radius 1 is 1.22 bits per heavy atom. The van der Waals surface area contributed by atoms with E-state index in [4.69, 9.17) is 9.47 Å². The average molecular weight is 376 g/mol. The minimum Gasteiger partial charge on any atom is -0.462 e. The lowest BCUT2D eigenvalue weighted by Gasteiger charge is -2.66. The van der Waals surface area contributed by atoms with Gasteiger partial charge in [-0.1, -0.05) is 19.1 Å². The van der Waals surface area contributed by atoms with Crippen LogP contribution >= 0.6 is 0 Å². The molecular formula is C20H24O7. The van der Waals surface area contributed by atoms with Crippen LogP contribution in [-0.4, -0.2) is 57.8 Å². The van der Waals surface area contributed by atoms with Crippen molar-refractivity contribution in [3.05, 3.63) is 23.8 Å². The maximum atomic E-state index is 12.5. The summed E-state index contributed by atoms with van der Waals surface area (Å²) < 4.78 is 11.5. The van der Waals surface area contributed by atoms with Gasteiger partial charge in [0.15, 0.2) is 11.6 Å². The predicted molar refractivity (Wildman–Crippen MR) is 90.9 cm³/mol. The number of allylic oxidation sites excluding steroid dienone is 1. The molecule has 0 aromatic heterocycles. The van der Waals surface area contributed by atoms with Crippen molar-refractivity contribution in [1.29, 1.82) is 0 Å². The van der Waals surface area contributed by atoms with Crippen molar-refractivity contribution < 1.29 is 34.4 Å². The quantitative estimate of drug-likeness (QED) is 0.405. The summed E-state index contributed by atoms with van der Waals surface area (Å²) in [6, 6.07) is 0. The molecule has 146 valence electrons. The van der Waals surface area contributed by atoms with Gasteiger partial charge in [0, 0.05) is 22.7 Å². The van der Waals surface area contributed by atoms with E-state index in [-0.39, 0.29) is 24.9 Å². The lowest BCUT2D eigenvalue weighted by Crippen LogP contribution is -2.74. The van der Waals surface area contributed by atoms with Crippen LogP contribution in [0, 0.1) is 28.6 Å². The maximum absolute atomic E-state index is 12.5. The van der Waals surface area contributed by atoms with E-state index in [1.807, 2.05) is 6.92 Å². The minimum absolute atomic E-state index is 0.0436. The number of hydrogen-bond acceptors (Lipinski definition) is 7. The molecule has 1 spiro atoms. The van der Waals surface area contributed by atoms with Crippen LogP contribution in [0.2, 0.25) is 0 Å². The third-order valence-electron chi connectivity index (χ3n) is 8.19. The first-order valence-electron chi connectivity index (χ1n) is 9.41. The Hall–Kier alpha value is -1.54. The van der Waals surface area contributed by atoms with Gasteiger partial charge in [0.2, 0.25) is 0 Å². The lowest BCUT2D eigenvalue weighted by atomic mass is 9.39. The Kier molecular flexibility index (Phi) is 3.18. The molecule has 27 heavy (non-hydrogen) atoms. The number of ether oxygens (including phenoxy) is 2. The third kappa shape index (κ3) is 1.69. The molecule has 0 aromatic rings. The van der Waals surface area contributed by atoms with Crippen LogP contribution in [0.5, 0.6) is 0 Å². The van der Waals surface area contributed by atoms with Crippen molar-refractivity contribution in [2.75, 3.05) is 6.61 Å². The molecule has 5 aliphatic rings. The molecule has 7 nitrogen and oxygen atoms in total. The molecule has 0 radical (unpaired) electrons. The van der Waals surface area contributed by atoms with Gasteiger partial charge < -0.3 is 24.8 Å². The molecule has 4 fully saturated rings. The zero-order valence-corrected chi connectivity index (χ0v) is 15.3. The van der Waals surface area contributed by atoms with Gasteiger partial charge in [-0.3, -0.25) is 9.59 Å². The highest BCUT2D eigenvalue weighted by Crippen LogP contribution is 2.73. The second-order valence-electron chi connectivity index (χ2n) is 9.15. The fraction of sp³-hybridized carbons (Fsp3) is 0.700. The fourth-order valence-corrected chi connectivity index (χ4v) is 7.14. The first-order chi connectivity index (χ1) is 12.6. The van der Waals surface area contributed by atoms with Crippen LogP contribution in [0.3, 0.4) is 0 Å². The van der Waals surface area contributed by atoms with Gasteiger partial charge in [0.05, 0.1) is 13.0 Å². The topological polar surface area (TPSA) is 113 Å². The molecule has 7 heteroatoms. The Balaban J connectivity index is 1.79. The van der Waals surface area contributed by atoms with E-state index >= 15 is 0 Å². The second kappa shape index (κ2) is 4.89. The summed E-state index contributed by atoms with van der Waals surface area (Å²) in [5.74, 6) is -4.25. The zero-order valence-electron chi connectivity index (χ0n) is 15.3. The van der Waals surface area contributed by atoms with E-state index in [0.29, 0.717) is 12.0 Å². The molecule has 2 saturated carbocycles. The van der Waals surface area contributed by atoms with Crippen LogP contribution in [0.25, 0.3) is 0 Å². The summed E-state index contributed by atoms with van der Waals surface area (Å²) in [6.45, 7) is 7.64. The molecular weight excluding hydrogens is 352 g/mol. The first-order valence-corrected chi connectivity index (χ1v) is 9.41. The molecule has 2 saturated heterocycles. The smallest absolute Gasteiger partial charge is 0.306 e. The SMILES string of the molecule is C=C1[C@@H](O)[C@@]2(O)OC[C@]34[C@H]2[C@@]2(C)[C@H](O)C(=O)C=C(C)[C@@H]2C[C@H]3OC(=O)C[C@@H]14. The monoisotopic (exact) mass is 376 g/mol. The van der Waals surface area contributed by atoms with Crippen molar-refractivity contribution in [3.63, 3.8) is 0 Å². The standard InChI is InChI=1S/C20H24O7/c1-8-4-12(21)16(24)18(3)10(8)5-13-19-7-26-20(25,17(18)19)15(23)9(2)11(19)6-14(22)27-13/h4,10-11,13,15-17,23-25H,2,5-7H2,1,3H3/t10-,11-,13+,15+,16+,17+,18+,19+,20+/m0/s1. The number of aliphatic hydroxyl groups is 3. The number of esters is 1. The highest BCUT2D eigenvalue weighted by atomic mass is 16.6. The number of carbonyl (C=O) groups excluding carboxylic acids is 2. The molecule has 9 atom stereocenters. The van der Waals surface area contributed by atoms with Crippen LogP contribution in [0.4, 0.5) is 0 Å². The molecule has 3 aliphatic carbocycles. The van der Waals surface area contributed by atoms with Crippen molar-refractivity contribution in [2.24, 2.45) is 28.6 Å². The normalized spacial score (nSPS) is 56.2. The fourth-order valence-electron chi connectivity index (χ4n) is 7.14. The largest absolute Gasteiger partial charge is 0.462 e. The van der Waals surface area contributed by atoms with Crippen molar-refractivity contribution in [3.8, 4) is 0 Å². The number of hydrogen-bond donors (Lipinski definition) is 3. The molecule has 3 N–H and O–H groups in total. The number of ketones is 1. The number of carbonyl (C=O) groups is 2. The van der Waals surface area contributed by atoms with Gasteiger partial charge in [0.25, 0.3) is 0 Å². The number of rotatable bonds is 0. The van der Waals surface area contributed by atoms with Gasteiger partial charge >= 0.3 is 5.97 Å². The predicted octanol–water partition coefficient (Wildman–Crippen LogP) is 0.0863. The van der Waals surface area contributed by atoms with Crippen LogP contribution in [0.1, 0.15) is 26.7 Å². The highest BCUT2D eigenvalue weighted by Gasteiger charge is 2.81. The van der Waals surface area contributed by atoms with E-state index < -0.39 is 52.5 Å². The number of fused-ring (bicyclic) bond motifs is 1. The van der Waals surface area contributed by atoms with Gasteiger partial charge in [0.1, 0.15) is 18.3 Å². The van der Waals surface area contributed by atoms with Gasteiger partial charge in [-0.2, -0.15) is 0 Å². The molecule has 2 bridgehead atoms. The summed E-state index contributed by atoms with van der Waals surface area (Å²) in [6.07, 6.45) is -1.36. The summed E-state index contributed by atoms with van der Waals surface area (Å²) in [5, 5.41) is 33.3. The summed E-state index contributed by atoms with van der Waals surface area (Å²) >= 11 is 0. The van der Waals surface area contributed by atoms with Crippen molar-refractivity contribution in [2.45, 2.75) is 50.8 Å². The molecule has 0 amide bonds. The lowest BCUT2D eigenvalue weighted by molar-refractivity contribution is -0.305. The summed E-state index contributed by atoms with van der Waals surface area (Å²) in [5.41, 5.74) is -0.730. The first kappa shape index (κ1) is 17.6. The molecule has 0 unspecified atom stereocenters. The molecule has 2 heterocycles. The number of aliphatic hydroxyl groups excluding tert-OH is 2. The van der Waals surface area contributed by atoms with E-state index in [1.54, 1.807) is 6.92 Å². The molecule has 0 aromatic carbocycles. The molecule has 2 aliphatic heterocycles. The summed E-state index contributed by atoms with van der Waals surface area (Å²) in [7, 11) is 0. The Morgan fingerprint density at radius 3 is 2.63 bits per heavy atom. The average Bonchev–Trinajstić information content (AvgIpc) is 2.90. The van der Waals surface area contributed by atoms with E-state index in [2.05, 4.69) is 6.58 Å². The van der Waals surface area contributed by atoms with E-state index in [1.165, 1.54) is 6.08 Å². The van der Waals surface area contributed by atoms with Gasteiger partial charge in [-0.05, 0) is 30.9 Å². The zero-order chi connectivity index (χ0) is 19.5. The van der Waals surface area contributed by atoms with Gasteiger partial charge in [-0.25, -0.2) is 0 Å². The van der Waals surface area contributed by atoms with Crippen LogP contribution in [0.15, 0.2) is 23.8 Å². The Labute approximate surface area is 156 Å². The third-order valence-corrected chi connectivity index (χ3v) is 8.19. The van der Waals surface area contributed by atoms with Crippen molar-refractivity contribution in [1.82, 2.24) is 0 Å². The van der Waals surface area contributed by atoms with Gasteiger partial charge in [-0.15, -0.1) is 0 Å². The van der Waals surface area contributed by atoms with Crippen LogP contribution in [-0.2, 0) is 19.1 Å². The highest BCUT2D eigenvalue weighted by molar-refractivity contribution is 5.96. The van der Waals surface area contributed by atoms with E-state index in [9.17, 15) is 24.9 Å². The van der Waals surface area contributed by atoms with Crippen molar-refractivity contribution >= 4 is 11.8 Å². The molecule has 5 rings (SSSR count).